The molecule has 0 aliphatic carbocycles. The predicted molar refractivity (Wildman–Crippen MR) is 181 cm³/mol. The van der Waals surface area contributed by atoms with E-state index in [2.05, 4.69) is 125 Å². The zero-order valence-corrected chi connectivity index (χ0v) is 26.2. The van der Waals surface area contributed by atoms with Gasteiger partial charge in [-0.25, -0.2) is 4.68 Å². The number of aromatic nitrogens is 4. The first kappa shape index (κ1) is 30.6. The molecule has 1 aromatic heterocycles. The molecule has 7 heteroatoms. The number of methoxy groups -OCH3 is 1. The number of nitrogens with zero attached hydrogens (tertiary/aromatic N) is 4. The first-order valence-electron chi connectivity index (χ1n) is 15.5. The van der Waals surface area contributed by atoms with Gasteiger partial charge in [0.05, 0.1) is 7.11 Å². The Bertz CT molecular complexity index is 1770. The highest BCUT2D eigenvalue weighted by molar-refractivity contribution is 5.81. The lowest BCUT2D eigenvalue weighted by atomic mass is 9.77. The Morgan fingerprint density at radius 3 is 1.72 bits per heavy atom. The average Bonchev–Trinajstić information content (AvgIpc) is 3.60. The SMILES string of the molecule is COC(=O)[C@@H](NCc1ccc(-c2ccccc2-c2nnnn2C(c2ccccc2)(c2ccccc2)c2ccccc2)cc1)C(C)C. The van der Waals surface area contributed by atoms with Crippen molar-refractivity contribution in [1.29, 1.82) is 0 Å². The van der Waals surface area contributed by atoms with Crippen molar-refractivity contribution in [3.05, 3.63) is 162 Å². The maximum absolute atomic E-state index is 12.2. The molecule has 46 heavy (non-hydrogen) atoms. The molecule has 0 bridgehead atoms. The maximum atomic E-state index is 12.2. The summed E-state index contributed by atoms with van der Waals surface area (Å²) in [6.45, 7) is 4.56. The van der Waals surface area contributed by atoms with Gasteiger partial charge < -0.3 is 10.1 Å². The molecule has 0 unspecified atom stereocenters. The van der Waals surface area contributed by atoms with E-state index in [0.717, 1.165) is 38.9 Å². The number of hydrogen-bond acceptors (Lipinski definition) is 6. The highest BCUT2D eigenvalue weighted by Gasteiger charge is 2.42. The van der Waals surface area contributed by atoms with Crippen molar-refractivity contribution in [3.63, 3.8) is 0 Å². The summed E-state index contributed by atoms with van der Waals surface area (Å²) in [5.41, 5.74) is 6.30. The second kappa shape index (κ2) is 13.7. The predicted octanol–water partition coefficient (Wildman–Crippen LogP) is 7.13. The van der Waals surface area contributed by atoms with Gasteiger partial charge in [0.25, 0.3) is 0 Å². The summed E-state index contributed by atoms with van der Waals surface area (Å²) < 4.78 is 6.95. The highest BCUT2D eigenvalue weighted by atomic mass is 16.5. The zero-order valence-electron chi connectivity index (χ0n) is 26.2. The minimum atomic E-state index is -0.849. The second-order valence-corrected chi connectivity index (χ2v) is 11.6. The Kier molecular flexibility index (Phi) is 9.13. The van der Waals surface area contributed by atoms with Crippen LogP contribution >= 0.6 is 0 Å². The molecule has 0 amide bonds. The summed E-state index contributed by atoms with van der Waals surface area (Å²) in [6, 6.07) is 47.4. The Hall–Kier alpha value is -5.40. The van der Waals surface area contributed by atoms with E-state index in [-0.39, 0.29) is 17.9 Å². The average molecular weight is 608 g/mol. The second-order valence-electron chi connectivity index (χ2n) is 11.6. The van der Waals surface area contributed by atoms with E-state index in [1.165, 1.54) is 7.11 Å². The number of nitrogens with one attached hydrogen (secondary N) is 1. The highest BCUT2D eigenvalue weighted by Crippen LogP contribution is 2.43. The Morgan fingerprint density at radius 2 is 1.22 bits per heavy atom. The van der Waals surface area contributed by atoms with Crippen LogP contribution in [-0.4, -0.2) is 39.3 Å². The van der Waals surface area contributed by atoms with Crippen molar-refractivity contribution >= 4 is 5.97 Å². The van der Waals surface area contributed by atoms with E-state index in [1.807, 2.05) is 48.9 Å². The fraction of sp³-hybridized carbons (Fsp3) is 0.179. The van der Waals surface area contributed by atoms with Crippen LogP contribution in [0.2, 0.25) is 0 Å². The maximum Gasteiger partial charge on any atom is 0.323 e. The van der Waals surface area contributed by atoms with Crippen LogP contribution in [0, 0.1) is 5.92 Å². The van der Waals surface area contributed by atoms with Crippen molar-refractivity contribution in [3.8, 4) is 22.5 Å². The van der Waals surface area contributed by atoms with E-state index < -0.39 is 5.54 Å². The molecule has 0 saturated carbocycles. The summed E-state index contributed by atoms with van der Waals surface area (Å²) >= 11 is 0. The molecule has 6 rings (SSSR count). The number of rotatable bonds is 11. The third-order valence-corrected chi connectivity index (χ3v) is 8.44. The summed E-state index contributed by atoms with van der Waals surface area (Å²) in [6.07, 6.45) is 0. The molecule has 0 aliphatic heterocycles. The Balaban J connectivity index is 1.45. The molecular formula is C39H37N5O2. The van der Waals surface area contributed by atoms with E-state index in [1.54, 1.807) is 0 Å². The van der Waals surface area contributed by atoms with Gasteiger partial charge in [-0.1, -0.05) is 153 Å². The zero-order chi connectivity index (χ0) is 31.9. The van der Waals surface area contributed by atoms with Crippen LogP contribution < -0.4 is 5.32 Å². The Morgan fingerprint density at radius 1 is 0.717 bits per heavy atom. The lowest BCUT2D eigenvalue weighted by molar-refractivity contribution is -0.144. The number of esters is 1. The van der Waals surface area contributed by atoms with Crippen LogP contribution in [0.1, 0.15) is 36.1 Å². The minimum absolute atomic E-state index is 0.110. The van der Waals surface area contributed by atoms with E-state index >= 15 is 0 Å². The number of carbonyl (C=O) groups is 1. The molecular weight excluding hydrogens is 570 g/mol. The number of benzene rings is 5. The van der Waals surface area contributed by atoms with Gasteiger partial charge >= 0.3 is 5.97 Å². The largest absolute Gasteiger partial charge is 0.468 e. The molecule has 7 nitrogen and oxygen atoms in total. The molecule has 0 fully saturated rings. The lowest BCUT2D eigenvalue weighted by Gasteiger charge is -2.36. The molecule has 0 radical (unpaired) electrons. The van der Waals surface area contributed by atoms with Crippen molar-refractivity contribution in [2.45, 2.75) is 32.0 Å². The van der Waals surface area contributed by atoms with Gasteiger partial charge in [0.2, 0.25) is 0 Å². The quantitative estimate of drug-likeness (QED) is 0.125. The van der Waals surface area contributed by atoms with Gasteiger partial charge in [0.1, 0.15) is 11.6 Å². The van der Waals surface area contributed by atoms with Gasteiger partial charge in [-0.3, -0.25) is 4.79 Å². The van der Waals surface area contributed by atoms with Crippen LogP contribution in [0.3, 0.4) is 0 Å². The van der Waals surface area contributed by atoms with Crippen molar-refractivity contribution in [2.75, 3.05) is 7.11 Å². The van der Waals surface area contributed by atoms with Crippen LogP contribution in [0.15, 0.2) is 140 Å². The van der Waals surface area contributed by atoms with Crippen LogP contribution in [0.25, 0.3) is 22.5 Å². The molecule has 0 spiro atoms. The molecule has 5 aromatic carbocycles. The molecule has 0 aliphatic rings. The topological polar surface area (TPSA) is 81.9 Å². The van der Waals surface area contributed by atoms with E-state index in [4.69, 9.17) is 9.95 Å². The first-order chi connectivity index (χ1) is 22.5. The summed E-state index contributed by atoms with van der Waals surface area (Å²) in [5.74, 6) is 0.506. The van der Waals surface area contributed by atoms with Crippen LogP contribution in [0.4, 0.5) is 0 Å². The summed E-state index contributed by atoms with van der Waals surface area (Å²) in [4.78, 5) is 12.2. The normalized spacial score (nSPS) is 12.2. The molecule has 230 valence electrons. The van der Waals surface area contributed by atoms with Gasteiger partial charge in [-0.05, 0) is 49.7 Å². The van der Waals surface area contributed by atoms with Gasteiger partial charge in [-0.15, -0.1) is 5.10 Å². The number of tetrazole rings is 1. The van der Waals surface area contributed by atoms with Crippen molar-refractivity contribution < 1.29 is 9.53 Å². The third kappa shape index (κ3) is 5.85. The number of hydrogen-bond donors (Lipinski definition) is 1. The first-order valence-corrected chi connectivity index (χ1v) is 15.5. The summed E-state index contributed by atoms with van der Waals surface area (Å²) in [5, 5.41) is 17.0. The molecule has 0 saturated heterocycles. The Labute approximate surface area is 269 Å². The molecule has 1 N–H and O–H groups in total. The fourth-order valence-corrected chi connectivity index (χ4v) is 6.16. The van der Waals surface area contributed by atoms with Gasteiger partial charge in [0, 0.05) is 12.1 Å². The summed E-state index contributed by atoms with van der Waals surface area (Å²) in [7, 11) is 1.42. The van der Waals surface area contributed by atoms with E-state index in [0.29, 0.717) is 12.4 Å². The molecule has 1 heterocycles. The number of ether oxygens (including phenoxy) is 1. The monoisotopic (exact) mass is 607 g/mol. The van der Waals surface area contributed by atoms with Crippen molar-refractivity contribution in [2.24, 2.45) is 5.92 Å². The van der Waals surface area contributed by atoms with Gasteiger partial charge in [0.15, 0.2) is 5.82 Å². The van der Waals surface area contributed by atoms with Crippen molar-refractivity contribution in [1.82, 2.24) is 25.5 Å². The minimum Gasteiger partial charge on any atom is -0.468 e. The van der Waals surface area contributed by atoms with E-state index in [9.17, 15) is 4.79 Å². The van der Waals surface area contributed by atoms with Gasteiger partial charge in [-0.2, -0.15) is 0 Å². The van der Waals surface area contributed by atoms with Crippen LogP contribution in [-0.2, 0) is 21.6 Å². The smallest absolute Gasteiger partial charge is 0.323 e. The standard InChI is InChI=1S/C39H37N5O2/c1-28(2)36(38(45)46-3)40-27-29-23-25-30(26-24-29)34-21-13-14-22-35(34)37-41-42-43-44(37)39(31-15-7-4-8-16-31,32-17-9-5-10-18-32)33-19-11-6-12-20-33/h4-26,28,36,40H,27H2,1-3H3/t36-/m0/s1. The number of carbonyl (C=O) groups excluding carboxylic acids is 1. The lowest BCUT2D eigenvalue weighted by Crippen LogP contribution is -2.41. The molecule has 1 atom stereocenters. The third-order valence-electron chi connectivity index (χ3n) is 8.44. The molecule has 6 aromatic rings. The van der Waals surface area contributed by atoms with Crippen LogP contribution in [0.5, 0.6) is 0 Å². The fourth-order valence-electron chi connectivity index (χ4n) is 6.16.